The van der Waals surface area contributed by atoms with Crippen LogP contribution in [0.3, 0.4) is 0 Å². The molecule has 2 heterocycles. The maximum atomic E-state index is 5.26. The van der Waals surface area contributed by atoms with Crippen LogP contribution in [0.15, 0.2) is 36.9 Å². The SMILES string of the molecule is COc1cc(OC)cc(-c2nccn3ncnc23)c1. The molecular formula is C13H12N4O2. The highest BCUT2D eigenvalue weighted by molar-refractivity contribution is 5.75. The molecule has 3 aromatic rings. The lowest BCUT2D eigenvalue weighted by molar-refractivity contribution is 0.394. The van der Waals surface area contributed by atoms with E-state index in [1.54, 1.807) is 31.1 Å². The van der Waals surface area contributed by atoms with Gasteiger partial charge in [-0.1, -0.05) is 0 Å². The fourth-order valence-corrected chi connectivity index (χ4v) is 1.91. The molecule has 0 saturated carbocycles. The zero-order valence-electron chi connectivity index (χ0n) is 10.6. The molecule has 1 aromatic carbocycles. The summed E-state index contributed by atoms with van der Waals surface area (Å²) in [6, 6.07) is 5.59. The summed E-state index contributed by atoms with van der Waals surface area (Å²) in [6.45, 7) is 0. The van der Waals surface area contributed by atoms with Gasteiger partial charge in [-0.2, -0.15) is 5.10 Å². The minimum Gasteiger partial charge on any atom is -0.497 e. The molecule has 0 aliphatic carbocycles. The monoisotopic (exact) mass is 256 g/mol. The smallest absolute Gasteiger partial charge is 0.181 e. The number of hydrogen-bond acceptors (Lipinski definition) is 5. The van der Waals surface area contributed by atoms with Gasteiger partial charge in [-0.3, -0.25) is 4.98 Å². The van der Waals surface area contributed by atoms with Gasteiger partial charge in [0.1, 0.15) is 23.5 Å². The molecule has 0 fully saturated rings. The molecule has 0 saturated heterocycles. The molecule has 6 nitrogen and oxygen atoms in total. The second-order valence-electron chi connectivity index (χ2n) is 3.91. The van der Waals surface area contributed by atoms with E-state index in [0.29, 0.717) is 17.1 Å². The molecule has 0 aliphatic heterocycles. The first-order valence-corrected chi connectivity index (χ1v) is 5.69. The van der Waals surface area contributed by atoms with Crippen LogP contribution in [0.2, 0.25) is 0 Å². The van der Waals surface area contributed by atoms with Crippen molar-refractivity contribution >= 4 is 5.65 Å². The van der Waals surface area contributed by atoms with E-state index in [0.717, 1.165) is 11.3 Å². The summed E-state index contributed by atoms with van der Waals surface area (Å²) in [7, 11) is 3.23. The molecule has 0 bridgehead atoms. The lowest BCUT2D eigenvalue weighted by atomic mass is 10.1. The molecule has 0 amide bonds. The molecule has 0 aliphatic rings. The summed E-state index contributed by atoms with van der Waals surface area (Å²) < 4.78 is 12.2. The quantitative estimate of drug-likeness (QED) is 0.715. The van der Waals surface area contributed by atoms with Gasteiger partial charge in [0, 0.05) is 24.0 Å². The van der Waals surface area contributed by atoms with Gasteiger partial charge in [0.15, 0.2) is 5.65 Å². The Kier molecular flexibility index (Phi) is 2.75. The number of fused-ring (bicyclic) bond motifs is 1. The summed E-state index contributed by atoms with van der Waals surface area (Å²) in [5.74, 6) is 1.41. The molecule has 19 heavy (non-hydrogen) atoms. The number of benzene rings is 1. The van der Waals surface area contributed by atoms with E-state index < -0.39 is 0 Å². The van der Waals surface area contributed by atoms with Crippen LogP contribution < -0.4 is 9.47 Å². The van der Waals surface area contributed by atoms with Crippen LogP contribution >= 0.6 is 0 Å². The summed E-state index contributed by atoms with van der Waals surface area (Å²) in [6.07, 6.45) is 4.93. The van der Waals surface area contributed by atoms with Crippen molar-refractivity contribution in [1.29, 1.82) is 0 Å². The first-order valence-electron chi connectivity index (χ1n) is 5.69. The zero-order valence-corrected chi connectivity index (χ0v) is 10.6. The van der Waals surface area contributed by atoms with E-state index in [9.17, 15) is 0 Å². The van der Waals surface area contributed by atoms with Gasteiger partial charge in [0.05, 0.1) is 14.2 Å². The maximum absolute atomic E-state index is 5.26. The first-order chi connectivity index (χ1) is 9.31. The van der Waals surface area contributed by atoms with Crippen molar-refractivity contribution in [2.24, 2.45) is 0 Å². The Morgan fingerprint density at radius 2 is 1.74 bits per heavy atom. The molecular weight excluding hydrogens is 244 g/mol. The van der Waals surface area contributed by atoms with Crippen LogP contribution in [0.5, 0.6) is 11.5 Å². The van der Waals surface area contributed by atoms with Crippen molar-refractivity contribution < 1.29 is 9.47 Å². The van der Waals surface area contributed by atoms with Crippen LogP contribution in [0.25, 0.3) is 16.9 Å². The van der Waals surface area contributed by atoms with E-state index in [1.807, 2.05) is 18.2 Å². The lowest BCUT2D eigenvalue weighted by Gasteiger charge is -2.08. The van der Waals surface area contributed by atoms with E-state index >= 15 is 0 Å². The van der Waals surface area contributed by atoms with Gasteiger partial charge < -0.3 is 9.47 Å². The summed E-state index contributed by atoms with van der Waals surface area (Å²) in [5.41, 5.74) is 2.30. The largest absolute Gasteiger partial charge is 0.497 e. The fraction of sp³-hybridized carbons (Fsp3) is 0.154. The Morgan fingerprint density at radius 3 is 2.42 bits per heavy atom. The number of aromatic nitrogens is 4. The normalized spacial score (nSPS) is 10.6. The zero-order chi connectivity index (χ0) is 13.2. The standard InChI is InChI=1S/C13H12N4O2/c1-18-10-5-9(6-11(7-10)19-2)12-13-15-8-16-17(13)4-3-14-12/h3-8H,1-2H3. The molecule has 96 valence electrons. The van der Waals surface area contributed by atoms with Gasteiger partial charge in [-0.25, -0.2) is 9.50 Å². The summed E-state index contributed by atoms with van der Waals surface area (Å²) in [4.78, 5) is 8.58. The minimum atomic E-state index is 0.692. The highest BCUT2D eigenvalue weighted by Crippen LogP contribution is 2.29. The molecule has 2 aromatic heterocycles. The van der Waals surface area contributed by atoms with Crippen molar-refractivity contribution in [1.82, 2.24) is 19.6 Å². The third-order valence-corrected chi connectivity index (χ3v) is 2.82. The van der Waals surface area contributed by atoms with Crippen LogP contribution in [0, 0.1) is 0 Å². The number of methoxy groups -OCH3 is 2. The van der Waals surface area contributed by atoms with Crippen molar-refractivity contribution in [3.63, 3.8) is 0 Å². The molecule has 0 N–H and O–H groups in total. The van der Waals surface area contributed by atoms with Gasteiger partial charge >= 0.3 is 0 Å². The second-order valence-corrected chi connectivity index (χ2v) is 3.91. The number of ether oxygens (including phenoxy) is 2. The lowest BCUT2D eigenvalue weighted by Crippen LogP contribution is -1.94. The van der Waals surface area contributed by atoms with Crippen LogP contribution in [0.1, 0.15) is 0 Å². The third kappa shape index (κ3) is 1.97. The van der Waals surface area contributed by atoms with Crippen LogP contribution in [-0.4, -0.2) is 33.8 Å². The number of hydrogen-bond donors (Lipinski definition) is 0. The predicted molar refractivity (Wildman–Crippen MR) is 69.3 cm³/mol. The molecule has 3 rings (SSSR count). The van der Waals surface area contributed by atoms with E-state index in [1.165, 1.54) is 6.33 Å². The summed E-state index contributed by atoms with van der Waals surface area (Å²) >= 11 is 0. The molecule has 0 unspecified atom stereocenters. The van der Waals surface area contributed by atoms with Gasteiger partial charge in [0.2, 0.25) is 0 Å². The van der Waals surface area contributed by atoms with E-state index in [-0.39, 0.29) is 0 Å². The van der Waals surface area contributed by atoms with E-state index in [2.05, 4.69) is 15.1 Å². The third-order valence-electron chi connectivity index (χ3n) is 2.82. The highest BCUT2D eigenvalue weighted by Gasteiger charge is 2.10. The van der Waals surface area contributed by atoms with Crippen LogP contribution in [-0.2, 0) is 0 Å². The Morgan fingerprint density at radius 1 is 1.00 bits per heavy atom. The topological polar surface area (TPSA) is 61.5 Å². The van der Waals surface area contributed by atoms with Gasteiger partial charge in [-0.05, 0) is 12.1 Å². The summed E-state index contributed by atoms with van der Waals surface area (Å²) in [5, 5.41) is 4.09. The highest BCUT2D eigenvalue weighted by atomic mass is 16.5. The molecule has 0 radical (unpaired) electrons. The average Bonchev–Trinajstić information content (AvgIpc) is 2.94. The Balaban J connectivity index is 2.23. The number of nitrogens with zero attached hydrogens (tertiary/aromatic N) is 4. The number of rotatable bonds is 3. The Labute approximate surface area is 109 Å². The van der Waals surface area contributed by atoms with Crippen LogP contribution in [0.4, 0.5) is 0 Å². The Hall–Kier alpha value is -2.63. The first kappa shape index (κ1) is 11.5. The predicted octanol–water partition coefficient (Wildman–Crippen LogP) is 1.81. The fourth-order valence-electron chi connectivity index (χ4n) is 1.91. The van der Waals surface area contributed by atoms with Crippen molar-refractivity contribution in [2.75, 3.05) is 14.2 Å². The minimum absolute atomic E-state index is 0.692. The second kappa shape index (κ2) is 4.56. The van der Waals surface area contributed by atoms with Crippen molar-refractivity contribution in [2.45, 2.75) is 0 Å². The van der Waals surface area contributed by atoms with Crippen molar-refractivity contribution in [3.8, 4) is 22.8 Å². The molecule has 0 spiro atoms. The molecule has 0 atom stereocenters. The van der Waals surface area contributed by atoms with Crippen molar-refractivity contribution in [3.05, 3.63) is 36.9 Å². The molecule has 6 heteroatoms. The van der Waals surface area contributed by atoms with Gasteiger partial charge in [-0.15, -0.1) is 0 Å². The Bertz CT molecular complexity index is 701. The van der Waals surface area contributed by atoms with E-state index in [4.69, 9.17) is 9.47 Å². The maximum Gasteiger partial charge on any atom is 0.181 e. The van der Waals surface area contributed by atoms with Gasteiger partial charge in [0.25, 0.3) is 0 Å². The average molecular weight is 256 g/mol.